The number of anilines is 1. The van der Waals surface area contributed by atoms with Crippen molar-refractivity contribution in [2.75, 3.05) is 5.32 Å². The van der Waals surface area contributed by atoms with Crippen molar-refractivity contribution >= 4 is 27.5 Å². The van der Waals surface area contributed by atoms with Crippen molar-refractivity contribution < 1.29 is 4.79 Å². The minimum Gasteiger partial charge on any atom is -0.325 e. The fraction of sp³-hybridized carbons (Fsp3) is 0.333. The summed E-state index contributed by atoms with van der Waals surface area (Å²) in [4.78, 5) is 16.5. The molecule has 104 valence electrons. The van der Waals surface area contributed by atoms with Gasteiger partial charge in [-0.25, -0.2) is 4.98 Å². The standard InChI is InChI=1S/C15H16BrN3O/c16-11-5-1-2-6-12(11)18-15(20)9-19-10-17-13-7-3-4-8-14(13)19/h1-2,5-6,10H,3-4,7-9H2,(H,18,20). The number of aromatic nitrogens is 2. The lowest BCUT2D eigenvalue weighted by Crippen LogP contribution is -2.20. The largest absolute Gasteiger partial charge is 0.325 e. The Labute approximate surface area is 126 Å². The highest BCUT2D eigenvalue weighted by molar-refractivity contribution is 9.10. The predicted molar refractivity (Wildman–Crippen MR) is 81.6 cm³/mol. The summed E-state index contributed by atoms with van der Waals surface area (Å²) in [5.41, 5.74) is 3.18. The Morgan fingerprint density at radius 2 is 2.10 bits per heavy atom. The molecule has 20 heavy (non-hydrogen) atoms. The molecule has 4 nitrogen and oxygen atoms in total. The van der Waals surface area contributed by atoms with Gasteiger partial charge >= 0.3 is 0 Å². The first-order valence-electron chi connectivity index (χ1n) is 6.81. The molecule has 1 heterocycles. The van der Waals surface area contributed by atoms with E-state index < -0.39 is 0 Å². The van der Waals surface area contributed by atoms with Crippen LogP contribution in [0.15, 0.2) is 35.1 Å². The van der Waals surface area contributed by atoms with Gasteiger partial charge in [0.15, 0.2) is 0 Å². The third kappa shape index (κ3) is 2.77. The quantitative estimate of drug-likeness (QED) is 0.937. The maximum atomic E-state index is 12.1. The fourth-order valence-corrected chi connectivity index (χ4v) is 2.96. The molecule has 0 saturated heterocycles. The van der Waals surface area contributed by atoms with Crippen LogP contribution >= 0.6 is 15.9 Å². The van der Waals surface area contributed by atoms with Gasteiger partial charge in [-0.05, 0) is 53.7 Å². The van der Waals surface area contributed by atoms with Crippen molar-refractivity contribution in [3.8, 4) is 0 Å². The number of hydrogen-bond donors (Lipinski definition) is 1. The molecule has 0 atom stereocenters. The number of para-hydroxylation sites is 1. The molecule has 0 unspecified atom stereocenters. The van der Waals surface area contributed by atoms with Gasteiger partial charge in [0.25, 0.3) is 0 Å². The van der Waals surface area contributed by atoms with E-state index in [9.17, 15) is 4.79 Å². The van der Waals surface area contributed by atoms with E-state index in [0.29, 0.717) is 6.54 Å². The Morgan fingerprint density at radius 1 is 1.30 bits per heavy atom. The first-order chi connectivity index (χ1) is 9.74. The van der Waals surface area contributed by atoms with Crippen LogP contribution in [0.3, 0.4) is 0 Å². The van der Waals surface area contributed by atoms with Crippen molar-refractivity contribution in [2.24, 2.45) is 0 Å². The van der Waals surface area contributed by atoms with E-state index in [0.717, 1.165) is 28.7 Å². The molecule has 1 aliphatic carbocycles. The molecule has 5 heteroatoms. The molecular formula is C15H16BrN3O. The Morgan fingerprint density at radius 3 is 2.95 bits per heavy atom. The zero-order chi connectivity index (χ0) is 13.9. The van der Waals surface area contributed by atoms with Gasteiger partial charge in [-0.3, -0.25) is 4.79 Å². The monoisotopic (exact) mass is 333 g/mol. The van der Waals surface area contributed by atoms with Crippen molar-refractivity contribution in [3.63, 3.8) is 0 Å². The Bertz CT molecular complexity index is 636. The summed E-state index contributed by atoms with van der Waals surface area (Å²) in [5.74, 6) is -0.0253. The number of carbonyl (C=O) groups excluding carboxylic acids is 1. The van der Waals surface area contributed by atoms with E-state index in [-0.39, 0.29) is 5.91 Å². The maximum Gasteiger partial charge on any atom is 0.244 e. The maximum absolute atomic E-state index is 12.1. The van der Waals surface area contributed by atoms with Gasteiger partial charge in [-0.1, -0.05) is 12.1 Å². The van der Waals surface area contributed by atoms with E-state index in [1.54, 1.807) is 6.33 Å². The normalized spacial score (nSPS) is 13.8. The third-order valence-electron chi connectivity index (χ3n) is 3.57. The van der Waals surface area contributed by atoms with Crippen LogP contribution in [-0.4, -0.2) is 15.5 Å². The molecule has 2 aromatic rings. The lowest BCUT2D eigenvalue weighted by atomic mass is 10.0. The molecule has 1 aromatic carbocycles. The van der Waals surface area contributed by atoms with Gasteiger partial charge in [-0.15, -0.1) is 0 Å². The number of rotatable bonds is 3. The van der Waals surface area contributed by atoms with Crippen molar-refractivity contribution in [1.82, 2.24) is 9.55 Å². The molecule has 0 bridgehead atoms. The zero-order valence-corrected chi connectivity index (χ0v) is 12.7. The lowest BCUT2D eigenvalue weighted by Gasteiger charge is -2.14. The van der Waals surface area contributed by atoms with Gasteiger partial charge in [0.05, 0.1) is 17.7 Å². The second-order valence-electron chi connectivity index (χ2n) is 5.00. The first-order valence-corrected chi connectivity index (χ1v) is 7.60. The summed E-state index contributed by atoms with van der Waals surface area (Å²) < 4.78 is 2.86. The summed E-state index contributed by atoms with van der Waals surface area (Å²) in [6.45, 7) is 0.323. The van der Waals surface area contributed by atoms with Crippen LogP contribution in [0, 0.1) is 0 Å². The molecule has 0 saturated carbocycles. The average molecular weight is 334 g/mol. The van der Waals surface area contributed by atoms with Crippen LogP contribution in [0.25, 0.3) is 0 Å². The van der Waals surface area contributed by atoms with Gasteiger partial charge in [0.2, 0.25) is 5.91 Å². The van der Waals surface area contributed by atoms with Crippen LogP contribution < -0.4 is 5.32 Å². The topological polar surface area (TPSA) is 46.9 Å². The van der Waals surface area contributed by atoms with Crippen molar-refractivity contribution in [1.29, 1.82) is 0 Å². The third-order valence-corrected chi connectivity index (χ3v) is 4.26. The number of benzene rings is 1. The number of halogens is 1. The Hall–Kier alpha value is -1.62. The van der Waals surface area contributed by atoms with Crippen LogP contribution in [0.4, 0.5) is 5.69 Å². The highest BCUT2D eigenvalue weighted by Crippen LogP contribution is 2.22. The molecule has 1 N–H and O–H groups in total. The first kappa shape index (κ1) is 13.4. The number of carbonyl (C=O) groups is 1. The molecular weight excluding hydrogens is 318 g/mol. The molecule has 0 radical (unpaired) electrons. The number of fused-ring (bicyclic) bond motifs is 1. The van der Waals surface area contributed by atoms with Crippen LogP contribution in [0.2, 0.25) is 0 Å². The SMILES string of the molecule is O=C(Cn1cnc2c1CCCC2)Nc1ccccc1Br. The molecule has 1 aromatic heterocycles. The number of amides is 1. The van der Waals surface area contributed by atoms with Gasteiger partial charge < -0.3 is 9.88 Å². The van der Waals surface area contributed by atoms with Crippen LogP contribution in [-0.2, 0) is 24.2 Å². The van der Waals surface area contributed by atoms with Gasteiger partial charge in [-0.2, -0.15) is 0 Å². The van der Waals surface area contributed by atoms with E-state index in [1.807, 2.05) is 28.8 Å². The van der Waals surface area contributed by atoms with Gasteiger partial charge in [0.1, 0.15) is 6.54 Å². The smallest absolute Gasteiger partial charge is 0.244 e. The molecule has 0 aliphatic heterocycles. The van der Waals surface area contributed by atoms with E-state index in [1.165, 1.54) is 18.5 Å². The second-order valence-corrected chi connectivity index (χ2v) is 5.86. The second kappa shape index (κ2) is 5.79. The molecule has 3 rings (SSSR count). The molecule has 1 amide bonds. The fourth-order valence-electron chi connectivity index (χ4n) is 2.57. The average Bonchev–Trinajstić information content (AvgIpc) is 2.85. The van der Waals surface area contributed by atoms with Crippen molar-refractivity contribution in [3.05, 3.63) is 46.5 Å². The predicted octanol–water partition coefficient (Wildman–Crippen LogP) is 3.16. The Kier molecular flexibility index (Phi) is 3.87. The zero-order valence-electron chi connectivity index (χ0n) is 11.1. The highest BCUT2D eigenvalue weighted by atomic mass is 79.9. The van der Waals surface area contributed by atoms with E-state index in [4.69, 9.17) is 0 Å². The number of nitrogens with zero attached hydrogens (tertiary/aromatic N) is 2. The Balaban J connectivity index is 1.70. The van der Waals surface area contributed by atoms with Crippen molar-refractivity contribution in [2.45, 2.75) is 32.2 Å². The summed E-state index contributed by atoms with van der Waals surface area (Å²) in [7, 11) is 0. The summed E-state index contributed by atoms with van der Waals surface area (Å²) >= 11 is 3.43. The summed E-state index contributed by atoms with van der Waals surface area (Å²) in [5, 5.41) is 2.92. The number of aryl methyl sites for hydroxylation is 1. The van der Waals surface area contributed by atoms with E-state index >= 15 is 0 Å². The molecule has 0 fully saturated rings. The minimum atomic E-state index is -0.0253. The minimum absolute atomic E-state index is 0.0253. The van der Waals surface area contributed by atoms with Crippen LogP contribution in [0.5, 0.6) is 0 Å². The lowest BCUT2D eigenvalue weighted by molar-refractivity contribution is -0.116. The highest BCUT2D eigenvalue weighted by Gasteiger charge is 2.16. The number of imidazole rings is 1. The number of nitrogens with one attached hydrogen (secondary N) is 1. The molecule has 0 spiro atoms. The summed E-state index contributed by atoms with van der Waals surface area (Å²) in [6.07, 6.45) is 6.24. The summed E-state index contributed by atoms with van der Waals surface area (Å²) in [6, 6.07) is 7.62. The number of hydrogen-bond acceptors (Lipinski definition) is 2. The molecule has 1 aliphatic rings. The van der Waals surface area contributed by atoms with E-state index in [2.05, 4.69) is 26.2 Å². The van der Waals surface area contributed by atoms with Crippen LogP contribution in [0.1, 0.15) is 24.2 Å². The van der Waals surface area contributed by atoms with Gasteiger partial charge in [0, 0.05) is 10.2 Å².